The van der Waals surface area contributed by atoms with E-state index in [2.05, 4.69) is 35.5 Å². The summed E-state index contributed by atoms with van der Waals surface area (Å²) >= 11 is 0. The van der Waals surface area contributed by atoms with Gasteiger partial charge >= 0.3 is 0 Å². The van der Waals surface area contributed by atoms with E-state index in [1.54, 1.807) is 25.6 Å². The number of pyridine rings is 1. The van der Waals surface area contributed by atoms with Crippen LogP contribution in [0.1, 0.15) is 27.0 Å². The van der Waals surface area contributed by atoms with Gasteiger partial charge in [0.2, 0.25) is 0 Å². The first-order valence-corrected chi connectivity index (χ1v) is 8.72. The number of carbonyl (C=O) groups excluding carboxylic acids is 1. The number of nitrogens with one attached hydrogen (secondary N) is 2. The molecule has 2 N–H and O–H groups in total. The zero-order valence-electron chi connectivity index (χ0n) is 16.0. The van der Waals surface area contributed by atoms with Crippen molar-refractivity contribution in [2.24, 2.45) is 0 Å². The third kappa shape index (κ3) is 4.26. The van der Waals surface area contributed by atoms with E-state index in [0.29, 0.717) is 17.0 Å². The maximum Gasteiger partial charge on any atom is 0.257 e. The Kier molecular flexibility index (Phi) is 5.41. The van der Waals surface area contributed by atoms with Gasteiger partial charge in [0, 0.05) is 11.9 Å². The van der Waals surface area contributed by atoms with E-state index < -0.39 is 0 Å². The lowest BCUT2D eigenvalue weighted by atomic mass is 10.1. The topological polar surface area (TPSA) is 63.2 Å². The molecule has 5 heteroatoms. The lowest BCUT2D eigenvalue weighted by Crippen LogP contribution is -2.13. The van der Waals surface area contributed by atoms with Gasteiger partial charge < -0.3 is 15.4 Å². The van der Waals surface area contributed by atoms with E-state index in [1.165, 1.54) is 5.56 Å². The number of rotatable bonds is 5. The molecule has 0 atom stereocenters. The summed E-state index contributed by atoms with van der Waals surface area (Å²) in [7, 11) is 1.58. The quantitative estimate of drug-likeness (QED) is 0.670. The minimum atomic E-state index is -0.240. The number of anilines is 3. The van der Waals surface area contributed by atoms with E-state index in [4.69, 9.17) is 4.74 Å². The van der Waals surface area contributed by atoms with Crippen LogP contribution in [0.15, 0.2) is 54.9 Å². The number of ether oxygens (including phenoxy) is 1. The fraction of sp³-hybridized carbons (Fsp3) is 0.182. The number of carbonyl (C=O) groups is 1. The molecule has 138 valence electrons. The van der Waals surface area contributed by atoms with Crippen LogP contribution >= 0.6 is 0 Å². The van der Waals surface area contributed by atoms with Crippen LogP contribution in [-0.2, 0) is 0 Å². The summed E-state index contributed by atoms with van der Waals surface area (Å²) in [5.74, 6) is 0.377. The number of methoxy groups -OCH3 is 1. The molecule has 0 aliphatic carbocycles. The molecule has 0 fully saturated rings. The Morgan fingerprint density at radius 3 is 2.59 bits per heavy atom. The lowest BCUT2D eigenvalue weighted by Gasteiger charge is -2.13. The maximum atomic E-state index is 12.7. The van der Waals surface area contributed by atoms with Gasteiger partial charge in [-0.2, -0.15) is 0 Å². The van der Waals surface area contributed by atoms with E-state index in [-0.39, 0.29) is 5.91 Å². The summed E-state index contributed by atoms with van der Waals surface area (Å²) < 4.78 is 5.32. The molecule has 0 saturated heterocycles. The number of hydrogen-bond acceptors (Lipinski definition) is 4. The molecule has 1 amide bonds. The number of aromatic nitrogens is 1. The molecular weight excluding hydrogens is 338 g/mol. The third-order valence-electron chi connectivity index (χ3n) is 4.49. The van der Waals surface area contributed by atoms with Gasteiger partial charge in [-0.25, -0.2) is 0 Å². The SMILES string of the molecule is COc1ccc(C)cc1NC(=O)c1cncc(Nc2cccc(C)c2C)c1. The Morgan fingerprint density at radius 2 is 1.81 bits per heavy atom. The molecule has 1 heterocycles. The molecule has 0 aliphatic rings. The van der Waals surface area contributed by atoms with Crippen molar-refractivity contribution in [3.63, 3.8) is 0 Å². The van der Waals surface area contributed by atoms with Gasteiger partial charge in [0.1, 0.15) is 5.75 Å². The normalized spacial score (nSPS) is 10.4. The monoisotopic (exact) mass is 361 g/mol. The minimum Gasteiger partial charge on any atom is -0.495 e. The molecule has 0 unspecified atom stereocenters. The second kappa shape index (κ2) is 7.91. The first kappa shape index (κ1) is 18.5. The van der Waals surface area contributed by atoms with Crippen LogP contribution in [0.2, 0.25) is 0 Å². The van der Waals surface area contributed by atoms with E-state index in [9.17, 15) is 4.79 Å². The Hall–Kier alpha value is -3.34. The van der Waals surface area contributed by atoms with Crippen molar-refractivity contribution in [2.75, 3.05) is 17.7 Å². The summed E-state index contributed by atoms with van der Waals surface area (Å²) in [6.07, 6.45) is 3.25. The molecule has 0 bridgehead atoms. The third-order valence-corrected chi connectivity index (χ3v) is 4.49. The van der Waals surface area contributed by atoms with E-state index >= 15 is 0 Å². The number of hydrogen-bond donors (Lipinski definition) is 2. The van der Waals surface area contributed by atoms with Gasteiger partial charge in [0.25, 0.3) is 5.91 Å². The van der Waals surface area contributed by atoms with Crippen LogP contribution in [0.5, 0.6) is 5.75 Å². The van der Waals surface area contributed by atoms with Gasteiger partial charge in [-0.3, -0.25) is 9.78 Å². The lowest BCUT2D eigenvalue weighted by molar-refractivity contribution is 0.102. The summed E-state index contributed by atoms with van der Waals surface area (Å²) in [6.45, 7) is 6.09. The van der Waals surface area contributed by atoms with E-state index in [1.807, 2.05) is 37.3 Å². The molecule has 5 nitrogen and oxygen atoms in total. The van der Waals surface area contributed by atoms with Crippen LogP contribution in [0.25, 0.3) is 0 Å². The number of aryl methyl sites for hydroxylation is 2. The highest BCUT2D eigenvalue weighted by Gasteiger charge is 2.12. The molecule has 0 spiro atoms. The first-order valence-electron chi connectivity index (χ1n) is 8.72. The predicted octanol–water partition coefficient (Wildman–Crippen LogP) is 5.01. The van der Waals surface area contributed by atoms with E-state index in [0.717, 1.165) is 22.5 Å². The van der Waals surface area contributed by atoms with Crippen molar-refractivity contribution in [2.45, 2.75) is 20.8 Å². The largest absolute Gasteiger partial charge is 0.495 e. The standard InChI is InChI=1S/C22H23N3O2/c1-14-8-9-21(27-4)20(10-14)25-22(26)17-11-18(13-23-12-17)24-19-7-5-6-15(2)16(19)3/h5-13,24H,1-4H3,(H,25,26). The molecule has 3 rings (SSSR count). The number of amides is 1. The van der Waals surface area contributed by atoms with Gasteiger partial charge in [-0.15, -0.1) is 0 Å². The molecular formula is C22H23N3O2. The fourth-order valence-corrected chi connectivity index (χ4v) is 2.79. The predicted molar refractivity (Wildman–Crippen MR) is 109 cm³/mol. The van der Waals surface area contributed by atoms with Crippen molar-refractivity contribution in [1.29, 1.82) is 0 Å². The molecule has 0 saturated carbocycles. The van der Waals surface area contributed by atoms with Gasteiger partial charge in [-0.05, 0) is 61.7 Å². The summed E-state index contributed by atoms with van der Waals surface area (Å²) in [5, 5.41) is 6.24. The second-order valence-electron chi connectivity index (χ2n) is 6.49. The van der Waals surface area contributed by atoms with Crippen molar-refractivity contribution in [1.82, 2.24) is 4.98 Å². The summed E-state index contributed by atoms with van der Waals surface area (Å²) in [5.41, 5.74) is 6.26. The smallest absolute Gasteiger partial charge is 0.257 e. The van der Waals surface area contributed by atoms with Gasteiger partial charge in [0.05, 0.1) is 30.2 Å². The Balaban J connectivity index is 1.82. The van der Waals surface area contributed by atoms with Crippen molar-refractivity contribution >= 4 is 23.0 Å². The first-order chi connectivity index (χ1) is 13.0. The summed E-state index contributed by atoms with van der Waals surface area (Å²) in [6, 6.07) is 13.5. The molecule has 1 aromatic heterocycles. The fourth-order valence-electron chi connectivity index (χ4n) is 2.79. The summed E-state index contributed by atoms with van der Waals surface area (Å²) in [4.78, 5) is 16.9. The minimum absolute atomic E-state index is 0.240. The molecule has 2 aromatic carbocycles. The molecule has 0 radical (unpaired) electrons. The van der Waals surface area contributed by atoms with Crippen molar-refractivity contribution in [3.8, 4) is 5.75 Å². The number of benzene rings is 2. The zero-order chi connectivity index (χ0) is 19.4. The Labute approximate surface area is 159 Å². The highest BCUT2D eigenvalue weighted by molar-refractivity contribution is 6.05. The average Bonchev–Trinajstić information content (AvgIpc) is 2.66. The van der Waals surface area contributed by atoms with Crippen molar-refractivity contribution < 1.29 is 9.53 Å². The Bertz CT molecular complexity index is 983. The van der Waals surface area contributed by atoms with Crippen LogP contribution in [0.3, 0.4) is 0 Å². The molecule has 3 aromatic rings. The number of nitrogens with zero attached hydrogens (tertiary/aromatic N) is 1. The second-order valence-corrected chi connectivity index (χ2v) is 6.49. The highest BCUT2D eigenvalue weighted by atomic mass is 16.5. The van der Waals surface area contributed by atoms with Gasteiger partial charge in [-0.1, -0.05) is 18.2 Å². The Morgan fingerprint density at radius 1 is 1.00 bits per heavy atom. The van der Waals surface area contributed by atoms with Gasteiger partial charge in [0.15, 0.2) is 0 Å². The van der Waals surface area contributed by atoms with Crippen LogP contribution in [0, 0.1) is 20.8 Å². The highest BCUT2D eigenvalue weighted by Crippen LogP contribution is 2.26. The van der Waals surface area contributed by atoms with Crippen LogP contribution in [-0.4, -0.2) is 18.0 Å². The van der Waals surface area contributed by atoms with Crippen LogP contribution in [0.4, 0.5) is 17.1 Å². The van der Waals surface area contributed by atoms with Crippen LogP contribution < -0.4 is 15.4 Å². The maximum absolute atomic E-state index is 12.7. The zero-order valence-corrected chi connectivity index (χ0v) is 16.0. The molecule has 27 heavy (non-hydrogen) atoms. The van der Waals surface area contributed by atoms with Crippen molar-refractivity contribution in [3.05, 3.63) is 77.1 Å². The molecule has 0 aliphatic heterocycles. The average molecular weight is 361 g/mol.